The second-order valence-electron chi connectivity index (χ2n) is 3.25. The molecule has 5 heteroatoms. The third-order valence-electron chi connectivity index (χ3n) is 1.87. The molecule has 1 aromatic rings. The van der Waals surface area contributed by atoms with Crippen LogP contribution in [0, 0.1) is 6.92 Å². The number of amides is 1. The zero-order chi connectivity index (χ0) is 11.4. The van der Waals surface area contributed by atoms with Gasteiger partial charge in [0.25, 0.3) is 0 Å². The Morgan fingerprint density at radius 3 is 2.80 bits per heavy atom. The van der Waals surface area contributed by atoms with Gasteiger partial charge in [0.2, 0.25) is 5.91 Å². The molecule has 0 aliphatic heterocycles. The molecule has 0 radical (unpaired) electrons. The number of halogens is 1. The van der Waals surface area contributed by atoms with Crippen molar-refractivity contribution in [3.05, 3.63) is 28.8 Å². The van der Waals surface area contributed by atoms with Crippen molar-refractivity contribution in [3.8, 4) is 5.75 Å². The zero-order valence-corrected chi connectivity index (χ0v) is 9.12. The highest BCUT2D eigenvalue weighted by Gasteiger charge is 2.10. The van der Waals surface area contributed by atoms with Gasteiger partial charge in [-0.15, -0.1) is 0 Å². The minimum absolute atomic E-state index is 0.0259. The Balaban J connectivity index is 2.62. The topological polar surface area (TPSA) is 78.3 Å². The highest BCUT2D eigenvalue weighted by molar-refractivity contribution is 6.32. The number of hydrogen-bond donors (Lipinski definition) is 2. The van der Waals surface area contributed by atoms with E-state index in [-0.39, 0.29) is 6.61 Å². The van der Waals surface area contributed by atoms with Crippen LogP contribution in [0.4, 0.5) is 0 Å². The van der Waals surface area contributed by atoms with Gasteiger partial charge >= 0.3 is 0 Å². The van der Waals surface area contributed by atoms with Gasteiger partial charge in [-0.3, -0.25) is 4.79 Å². The lowest BCUT2D eigenvalue weighted by Crippen LogP contribution is -2.41. The van der Waals surface area contributed by atoms with Crippen LogP contribution in [0.15, 0.2) is 18.2 Å². The quantitative estimate of drug-likeness (QED) is 0.802. The number of benzene rings is 1. The van der Waals surface area contributed by atoms with E-state index in [0.717, 1.165) is 5.56 Å². The smallest absolute Gasteiger partial charge is 0.237 e. The van der Waals surface area contributed by atoms with Crippen LogP contribution in [0.5, 0.6) is 5.75 Å². The van der Waals surface area contributed by atoms with E-state index >= 15 is 0 Å². The van der Waals surface area contributed by atoms with Crippen molar-refractivity contribution in [3.63, 3.8) is 0 Å². The fourth-order valence-electron chi connectivity index (χ4n) is 0.985. The van der Waals surface area contributed by atoms with Crippen LogP contribution in [0.3, 0.4) is 0 Å². The van der Waals surface area contributed by atoms with Gasteiger partial charge < -0.3 is 16.2 Å². The van der Waals surface area contributed by atoms with Crippen molar-refractivity contribution in [1.29, 1.82) is 0 Å². The summed E-state index contributed by atoms with van der Waals surface area (Å²) in [6.45, 7) is 1.95. The first-order valence-electron chi connectivity index (χ1n) is 4.44. The summed E-state index contributed by atoms with van der Waals surface area (Å²) >= 11 is 5.91. The van der Waals surface area contributed by atoms with E-state index < -0.39 is 11.9 Å². The monoisotopic (exact) mass is 228 g/mol. The highest BCUT2D eigenvalue weighted by atomic mass is 35.5. The fourth-order valence-corrected chi connectivity index (χ4v) is 1.27. The number of aryl methyl sites for hydroxylation is 1. The predicted molar refractivity (Wildman–Crippen MR) is 58.9 cm³/mol. The predicted octanol–water partition coefficient (Wildman–Crippen LogP) is 0.840. The number of ether oxygens (including phenoxy) is 1. The van der Waals surface area contributed by atoms with Gasteiger partial charge in [0.1, 0.15) is 18.4 Å². The summed E-state index contributed by atoms with van der Waals surface area (Å²) in [5.41, 5.74) is 11.4. The molecule has 0 aliphatic carbocycles. The summed E-state index contributed by atoms with van der Waals surface area (Å²) in [4.78, 5) is 10.6. The van der Waals surface area contributed by atoms with Crippen molar-refractivity contribution in [2.75, 3.05) is 6.61 Å². The van der Waals surface area contributed by atoms with Crippen molar-refractivity contribution in [2.45, 2.75) is 13.0 Å². The molecule has 0 spiro atoms. The molecule has 0 saturated heterocycles. The van der Waals surface area contributed by atoms with E-state index in [2.05, 4.69) is 0 Å². The zero-order valence-electron chi connectivity index (χ0n) is 8.37. The molecule has 0 saturated carbocycles. The summed E-state index contributed by atoms with van der Waals surface area (Å²) < 4.78 is 5.26. The summed E-state index contributed by atoms with van der Waals surface area (Å²) in [5.74, 6) is -0.0998. The van der Waals surface area contributed by atoms with Crippen LogP contribution >= 0.6 is 11.6 Å². The Bertz CT molecular complexity index is 368. The van der Waals surface area contributed by atoms with Crippen LogP contribution in [0.2, 0.25) is 5.02 Å². The van der Waals surface area contributed by atoms with E-state index in [0.29, 0.717) is 10.8 Å². The van der Waals surface area contributed by atoms with Crippen LogP contribution < -0.4 is 16.2 Å². The van der Waals surface area contributed by atoms with E-state index in [1.165, 1.54) is 0 Å². The minimum Gasteiger partial charge on any atom is -0.490 e. The average molecular weight is 229 g/mol. The number of carbonyl (C=O) groups excluding carboxylic acids is 1. The number of carbonyl (C=O) groups is 1. The Morgan fingerprint density at radius 2 is 2.27 bits per heavy atom. The third-order valence-corrected chi connectivity index (χ3v) is 2.17. The fraction of sp³-hybridized carbons (Fsp3) is 0.300. The van der Waals surface area contributed by atoms with Crippen LogP contribution in [-0.4, -0.2) is 18.6 Å². The minimum atomic E-state index is -0.817. The Hall–Kier alpha value is -1.26. The maximum atomic E-state index is 10.6. The molecular weight excluding hydrogens is 216 g/mol. The maximum absolute atomic E-state index is 10.6. The van der Waals surface area contributed by atoms with Gasteiger partial charge in [-0.1, -0.05) is 17.7 Å². The average Bonchev–Trinajstić information content (AvgIpc) is 2.15. The van der Waals surface area contributed by atoms with Gasteiger partial charge in [-0.05, 0) is 24.6 Å². The van der Waals surface area contributed by atoms with E-state index in [4.69, 9.17) is 27.8 Å². The van der Waals surface area contributed by atoms with Crippen molar-refractivity contribution in [2.24, 2.45) is 11.5 Å². The van der Waals surface area contributed by atoms with Gasteiger partial charge in [0.15, 0.2) is 0 Å². The summed E-state index contributed by atoms with van der Waals surface area (Å²) in [7, 11) is 0. The normalized spacial score (nSPS) is 12.2. The largest absolute Gasteiger partial charge is 0.490 e. The second-order valence-corrected chi connectivity index (χ2v) is 3.66. The van der Waals surface area contributed by atoms with Gasteiger partial charge in [-0.2, -0.15) is 0 Å². The summed E-state index contributed by atoms with van der Waals surface area (Å²) in [5, 5.41) is 0.492. The Morgan fingerprint density at radius 1 is 1.60 bits per heavy atom. The van der Waals surface area contributed by atoms with E-state index in [1.54, 1.807) is 12.1 Å². The number of nitrogens with two attached hydrogens (primary N) is 2. The third kappa shape index (κ3) is 3.42. The summed E-state index contributed by atoms with van der Waals surface area (Å²) in [6, 6.07) is 4.54. The Kier molecular flexibility index (Phi) is 3.94. The molecule has 4 N–H and O–H groups in total. The van der Waals surface area contributed by atoms with Crippen LogP contribution in [0.25, 0.3) is 0 Å². The lowest BCUT2D eigenvalue weighted by Gasteiger charge is -2.11. The number of rotatable bonds is 4. The van der Waals surface area contributed by atoms with Gasteiger partial charge in [0, 0.05) is 0 Å². The molecule has 1 unspecified atom stereocenters. The molecule has 4 nitrogen and oxygen atoms in total. The first kappa shape index (κ1) is 11.8. The SMILES string of the molecule is Cc1ccc(OCC(N)C(N)=O)c(Cl)c1. The molecule has 0 aliphatic rings. The van der Waals surface area contributed by atoms with E-state index in [9.17, 15) is 4.79 Å². The van der Waals surface area contributed by atoms with Crippen LogP contribution in [-0.2, 0) is 4.79 Å². The molecule has 0 bridgehead atoms. The molecule has 15 heavy (non-hydrogen) atoms. The molecule has 0 fully saturated rings. The molecule has 0 aromatic heterocycles. The van der Waals surface area contributed by atoms with Gasteiger partial charge in [-0.25, -0.2) is 0 Å². The summed E-state index contributed by atoms with van der Waals surface area (Å²) in [6.07, 6.45) is 0. The molecule has 1 amide bonds. The second kappa shape index (κ2) is 5.00. The standard InChI is InChI=1S/C10H13ClN2O2/c1-6-2-3-9(7(11)4-6)15-5-8(12)10(13)14/h2-4,8H,5,12H2,1H3,(H2,13,14). The lowest BCUT2D eigenvalue weighted by molar-refractivity contribution is -0.119. The van der Waals surface area contributed by atoms with E-state index in [1.807, 2.05) is 13.0 Å². The molecule has 1 atom stereocenters. The molecule has 1 rings (SSSR count). The molecule has 1 aromatic carbocycles. The molecule has 0 heterocycles. The van der Waals surface area contributed by atoms with Gasteiger partial charge in [0.05, 0.1) is 5.02 Å². The van der Waals surface area contributed by atoms with Crippen molar-refractivity contribution >= 4 is 17.5 Å². The van der Waals surface area contributed by atoms with Crippen molar-refractivity contribution in [1.82, 2.24) is 0 Å². The lowest BCUT2D eigenvalue weighted by atomic mass is 10.2. The Labute approximate surface area is 93.1 Å². The number of primary amides is 1. The first-order valence-corrected chi connectivity index (χ1v) is 4.82. The number of hydrogen-bond acceptors (Lipinski definition) is 3. The molecule has 82 valence electrons. The first-order chi connectivity index (χ1) is 7.00. The van der Waals surface area contributed by atoms with Crippen LogP contribution in [0.1, 0.15) is 5.56 Å². The van der Waals surface area contributed by atoms with Crippen molar-refractivity contribution < 1.29 is 9.53 Å². The highest BCUT2D eigenvalue weighted by Crippen LogP contribution is 2.24. The molecular formula is C10H13ClN2O2. The maximum Gasteiger partial charge on any atom is 0.237 e.